The molecule has 0 spiro atoms. The third kappa shape index (κ3) is 3.37. The highest BCUT2D eigenvalue weighted by Gasteiger charge is 2.18. The molecule has 0 saturated heterocycles. The average molecular weight is 353 g/mol. The van der Waals surface area contributed by atoms with Gasteiger partial charge in [-0.2, -0.15) is 5.10 Å². The zero-order valence-corrected chi connectivity index (χ0v) is 14.4. The Morgan fingerprint density at radius 2 is 2.24 bits per heavy atom. The largest absolute Gasteiger partial charge is 0.344 e. The summed E-state index contributed by atoms with van der Waals surface area (Å²) in [6, 6.07) is 1.78. The first-order valence-electron chi connectivity index (χ1n) is 7.09. The monoisotopic (exact) mass is 352 g/mol. The third-order valence-electron chi connectivity index (χ3n) is 3.65. The number of carbonyl (C=O) groups is 1. The minimum absolute atomic E-state index is 0.0649. The molecule has 1 amide bonds. The summed E-state index contributed by atoms with van der Waals surface area (Å²) in [7, 11) is 1.90. The topological polar surface area (TPSA) is 51.9 Å². The van der Waals surface area contributed by atoms with E-state index >= 15 is 0 Å². The zero-order valence-electron chi connectivity index (χ0n) is 12.9. The summed E-state index contributed by atoms with van der Waals surface area (Å²) in [6.07, 6.45) is 4.73. The Morgan fingerprint density at radius 3 is 2.81 bits per heavy atom. The van der Waals surface area contributed by atoms with Crippen LogP contribution >= 0.6 is 15.9 Å². The number of carbonyl (C=O) groups excluding carboxylic acids is 1. The predicted octanol–water partition coefficient (Wildman–Crippen LogP) is 3.19. The van der Waals surface area contributed by atoms with Gasteiger partial charge in [-0.15, -0.1) is 0 Å². The van der Waals surface area contributed by atoms with Crippen molar-refractivity contribution in [1.29, 1.82) is 0 Å². The molecule has 114 valence electrons. The standard InChI is InChI=1S/C15H21BrN4O/c1-5-6-20-9-12(16)7-14(20)15(21)18-10(2)13-8-17-19(4)11(13)3/h7-10H,5-6H2,1-4H3,(H,18,21). The van der Waals surface area contributed by atoms with Gasteiger partial charge in [-0.3, -0.25) is 9.48 Å². The third-order valence-corrected chi connectivity index (χ3v) is 4.08. The molecule has 1 unspecified atom stereocenters. The number of hydrogen-bond acceptors (Lipinski definition) is 2. The highest BCUT2D eigenvalue weighted by atomic mass is 79.9. The minimum atomic E-state index is -0.0741. The van der Waals surface area contributed by atoms with Crippen LogP contribution in [0, 0.1) is 6.92 Å². The summed E-state index contributed by atoms with van der Waals surface area (Å²) < 4.78 is 4.71. The molecular weight excluding hydrogens is 332 g/mol. The highest BCUT2D eigenvalue weighted by Crippen LogP contribution is 2.19. The molecule has 21 heavy (non-hydrogen) atoms. The number of nitrogens with one attached hydrogen (secondary N) is 1. The zero-order chi connectivity index (χ0) is 15.6. The van der Waals surface area contributed by atoms with Crippen LogP contribution in [0.4, 0.5) is 0 Å². The van der Waals surface area contributed by atoms with Crippen LogP contribution in [-0.4, -0.2) is 20.3 Å². The lowest BCUT2D eigenvalue weighted by Crippen LogP contribution is -2.28. The van der Waals surface area contributed by atoms with Gasteiger partial charge in [-0.1, -0.05) is 6.92 Å². The molecule has 1 atom stereocenters. The summed E-state index contributed by atoms with van der Waals surface area (Å²) in [5.41, 5.74) is 2.78. The summed E-state index contributed by atoms with van der Waals surface area (Å²) in [4.78, 5) is 12.5. The second-order valence-corrected chi connectivity index (χ2v) is 6.16. The van der Waals surface area contributed by atoms with Crippen molar-refractivity contribution in [2.75, 3.05) is 0 Å². The van der Waals surface area contributed by atoms with Crippen molar-refractivity contribution >= 4 is 21.8 Å². The molecule has 2 aromatic rings. The van der Waals surface area contributed by atoms with E-state index in [9.17, 15) is 4.79 Å². The maximum absolute atomic E-state index is 12.5. The van der Waals surface area contributed by atoms with E-state index in [1.807, 2.05) is 42.4 Å². The van der Waals surface area contributed by atoms with Gasteiger partial charge < -0.3 is 9.88 Å². The SMILES string of the molecule is CCCn1cc(Br)cc1C(=O)NC(C)c1cnn(C)c1C. The van der Waals surface area contributed by atoms with Crippen LogP contribution in [0.3, 0.4) is 0 Å². The van der Waals surface area contributed by atoms with Gasteiger partial charge in [0.1, 0.15) is 5.69 Å². The van der Waals surface area contributed by atoms with Gasteiger partial charge in [0, 0.05) is 35.5 Å². The van der Waals surface area contributed by atoms with Gasteiger partial charge in [0.25, 0.3) is 5.91 Å². The van der Waals surface area contributed by atoms with E-state index in [1.54, 1.807) is 6.20 Å². The van der Waals surface area contributed by atoms with E-state index in [-0.39, 0.29) is 11.9 Å². The average Bonchev–Trinajstić information content (AvgIpc) is 2.94. The Labute approximate surface area is 133 Å². The van der Waals surface area contributed by atoms with Crippen LogP contribution in [0.1, 0.15) is 48.1 Å². The normalized spacial score (nSPS) is 12.4. The Morgan fingerprint density at radius 1 is 1.52 bits per heavy atom. The number of hydrogen-bond donors (Lipinski definition) is 1. The Kier molecular flexibility index (Phi) is 4.88. The van der Waals surface area contributed by atoms with E-state index in [4.69, 9.17) is 0 Å². The molecule has 0 aliphatic carbocycles. The molecule has 6 heteroatoms. The second kappa shape index (κ2) is 6.47. The van der Waals surface area contributed by atoms with Crippen LogP contribution in [-0.2, 0) is 13.6 Å². The van der Waals surface area contributed by atoms with Crippen LogP contribution in [0.5, 0.6) is 0 Å². The Balaban J connectivity index is 2.16. The van der Waals surface area contributed by atoms with Crippen molar-refractivity contribution in [3.05, 3.63) is 39.9 Å². The van der Waals surface area contributed by atoms with Crippen molar-refractivity contribution in [2.24, 2.45) is 7.05 Å². The Bertz CT molecular complexity index is 644. The smallest absolute Gasteiger partial charge is 0.268 e. The predicted molar refractivity (Wildman–Crippen MR) is 86.2 cm³/mol. The molecule has 2 rings (SSSR count). The lowest BCUT2D eigenvalue weighted by Gasteiger charge is -2.15. The highest BCUT2D eigenvalue weighted by molar-refractivity contribution is 9.10. The fourth-order valence-electron chi connectivity index (χ4n) is 2.38. The molecule has 5 nitrogen and oxygen atoms in total. The summed E-state index contributed by atoms with van der Waals surface area (Å²) in [6.45, 7) is 6.90. The van der Waals surface area contributed by atoms with Gasteiger partial charge in [-0.25, -0.2) is 0 Å². The quantitative estimate of drug-likeness (QED) is 0.898. The van der Waals surface area contributed by atoms with Crippen molar-refractivity contribution in [1.82, 2.24) is 19.7 Å². The van der Waals surface area contributed by atoms with E-state index in [0.717, 1.165) is 28.7 Å². The molecule has 1 N–H and O–H groups in total. The fourth-order valence-corrected chi connectivity index (χ4v) is 2.84. The maximum atomic E-state index is 12.5. The molecule has 0 aliphatic heterocycles. The summed E-state index contributed by atoms with van der Waals surface area (Å²) in [5.74, 6) is -0.0649. The number of aryl methyl sites for hydroxylation is 2. The molecule has 0 saturated carbocycles. The summed E-state index contributed by atoms with van der Waals surface area (Å²) in [5, 5.41) is 7.27. The van der Waals surface area contributed by atoms with Crippen LogP contribution in [0.25, 0.3) is 0 Å². The van der Waals surface area contributed by atoms with E-state index in [0.29, 0.717) is 5.69 Å². The first kappa shape index (κ1) is 15.8. The van der Waals surface area contributed by atoms with Gasteiger partial charge in [0.05, 0.1) is 12.2 Å². The molecule has 0 radical (unpaired) electrons. The van der Waals surface area contributed by atoms with Gasteiger partial charge in [0.15, 0.2) is 0 Å². The van der Waals surface area contributed by atoms with Crippen LogP contribution < -0.4 is 5.32 Å². The molecule has 2 aromatic heterocycles. The molecule has 2 heterocycles. The molecule has 0 fully saturated rings. The molecular formula is C15H21BrN4O. The lowest BCUT2D eigenvalue weighted by molar-refractivity contribution is 0.0930. The van der Waals surface area contributed by atoms with E-state index < -0.39 is 0 Å². The van der Waals surface area contributed by atoms with Crippen molar-refractivity contribution < 1.29 is 4.79 Å². The number of nitrogens with zero attached hydrogens (tertiary/aromatic N) is 3. The van der Waals surface area contributed by atoms with Gasteiger partial charge >= 0.3 is 0 Å². The number of halogens is 1. The minimum Gasteiger partial charge on any atom is -0.344 e. The fraction of sp³-hybridized carbons (Fsp3) is 0.467. The van der Waals surface area contributed by atoms with Crippen molar-refractivity contribution in [3.63, 3.8) is 0 Å². The van der Waals surface area contributed by atoms with E-state index in [1.165, 1.54) is 0 Å². The molecule has 0 bridgehead atoms. The Hall–Kier alpha value is -1.56. The molecule has 0 aromatic carbocycles. The van der Waals surface area contributed by atoms with Crippen molar-refractivity contribution in [3.8, 4) is 0 Å². The number of rotatable bonds is 5. The number of aromatic nitrogens is 3. The second-order valence-electron chi connectivity index (χ2n) is 5.24. The lowest BCUT2D eigenvalue weighted by atomic mass is 10.1. The van der Waals surface area contributed by atoms with Crippen molar-refractivity contribution in [2.45, 2.75) is 39.8 Å². The van der Waals surface area contributed by atoms with Gasteiger partial charge in [-0.05, 0) is 42.3 Å². The first-order valence-corrected chi connectivity index (χ1v) is 7.88. The number of amides is 1. The van der Waals surface area contributed by atoms with Crippen LogP contribution in [0.2, 0.25) is 0 Å². The van der Waals surface area contributed by atoms with Crippen LogP contribution in [0.15, 0.2) is 22.9 Å². The van der Waals surface area contributed by atoms with Gasteiger partial charge in [0.2, 0.25) is 0 Å². The maximum Gasteiger partial charge on any atom is 0.268 e. The van der Waals surface area contributed by atoms with E-state index in [2.05, 4.69) is 33.3 Å². The molecule has 0 aliphatic rings. The summed E-state index contributed by atoms with van der Waals surface area (Å²) >= 11 is 3.43. The first-order chi connectivity index (χ1) is 9.93.